The quantitative estimate of drug-likeness (QED) is 0.321. The summed E-state index contributed by atoms with van der Waals surface area (Å²) in [5.74, 6) is -1.33. The van der Waals surface area contributed by atoms with Gasteiger partial charge in [0, 0.05) is 13.1 Å². The molecule has 1 N–H and O–H groups in total. The van der Waals surface area contributed by atoms with Crippen LogP contribution in [0.2, 0.25) is 0 Å². The van der Waals surface area contributed by atoms with E-state index in [2.05, 4.69) is 5.32 Å². The number of carbonyl (C=O) groups is 2. The molecule has 1 atom stereocenters. The number of benzene rings is 3. The minimum absolute atomic E-state index is 0.00773. The first-order valence-corrected chi connectivity index (χ1v) is 14.4. The second kappa shape index (κ2) is 13.4. The largest absolute Gasteiger partial charge is 0.354 e. The molecule has 0 heterocycles. The predicted octanol–water partition coefficient (Wildman–Crippen LogP) is 4.97. The molecule has 208 valence electrons. The third-order valence-corrected chi connectivity index (χ3v) is 8.26. The zero-order chi connectivity index (χ0) is 28.6. The fourth-order valence-electron chi connectivity index (χ4n) is 3.98. The minimum Gasteiger partial charge on any atom is -0.354 e. The number of hydrogen-bond donors (Lipinski definition) is 1. The lowest BCUT2D eigenvalue weighted by molar-refractivity contribution is -0.139. The van der Waals surface area contributed by atoms with Crippen molar-refractivity contribution < 1.29 is 22.4 Å². The molecule has 0 bridgehead atoms. The van der Waals surface area contributed by atoms with E-state index in [4.69, 9.17) is 0 Å². The topological polar surface area (TPSA) is 86.8 Å². The standard InChI is InChI=1S/C30H36FN3O4S/c1-5-6-19-32-30(36)24(4)33(20-25-11-13-26(31)14-12-25)29(35)21-34(27-15-7-22(2)8-16-27)39(37,38)28-17-9-23(3)10-18-28/h7-18,24H,5-6,19-21H2,1-4H3,(H,32,36)/t24-/m1/s1. The fraction of sp³-hybridized carbons (Fsp3) is 0.333. The zero-order valence-corrected chi connectivity index (χ0v) is 23.7. The number of amides is 2. The number of nitrogens with zero attached hydrogens (tertiary/aromatic N) is 2. The Labute approximate surface area is 230 Å². The molecule has 0 unspecified atom stereocenters. The van der Waals surface area contributed by atoms with Crippen LogP contribution in [0.5, 0.6) is 0 Å². The van der Waals surface area contributed by atoms with E-state index in [1.807, 2.05) is 20.8 Å². The Morgan fingerprint density at radius 1 is 0.897 bits per heavy atom. The number of aryl methyl sites for hydroxylation is 2. The number of halogens is 1. The maximum atomic E-state index is 13.8. The molecule has 0 aliphatic carbocycles. The maximum absolute atomic E-state index is 13.8. The average molecular weight is 554 g/mol. The Morgan fingerprint density at radius 2 is 1.46 bits per heavy atom. The van der Waals surface area contributed by atoms with E-state index < -0.39 is 34.3 Å². The van der Waals surface area contributed by atoms with Gasteiger partial charge >= 0.3 is 0 Å². The van der Waals surface area contributed by atoms with Gasteiger partial charge in [0.1, 0.15) is 18.4 Å². The van der Waals surface area contributed by atoms with E-state index in [1.54, 1.807) is 43.3 Å². The summed E-state index contributed by atoms with van der Waals surface area (Å²) in [6.07, 6.45) is 1.69. The molecule has 0 fully saturated rings. The molecule has 3 aromatic carbocycles. The summed E-state index contributed by atoms with van der Waals surface area (Å²) in [5.41, 5.74) is 2.78. The Kier molecular flexibility index (Phi) is 10.2. The van der Waals surface area contributed by atoms with Crippen LogP contribution in [-0.4, -0.2) is 44.3 Å². The second-order valence-corrected chi connectivity index (χ2v) is 11.5. The van der Waals surface area contributed by atoms with Gasteiger partial charge in [-0.1, -0.05) is 60.9 Å². The molecular formula is C30H36FN3O4S. The molecule has 39 heavy (non-hydrogen) atoms. The fourth-order valence-corrected chi connectivity index (χ4v) is 5.40. The molecule has 0 radical (unpaired) electrons. The third-order valence-electron chi connectivity index (χ3n) is 6.47. The van der Waals surface area contributed by atoms with Gasteiger partial charge in [0.25, 0.3) is 10.0 Å². The number of nitrogens with one attached hydrogen (secondary N) is 1. The molecule has 0 spiro atoms. The number of rotatable bonds is 12. The van der Waals surface area contributed by atoms with Crippen molar-refractivity contribution in [1.29, 1.82) is 0 Å². The number of hydrogen-bond acceptors (Lipinski definition) is 4. The molecule has 7 nitrogen and oxygen atoms in total. The molecule has 2 amide bonds. The highest BCUT2D eigenvalue weighted by Crippen LogP contribution is 2.25. The average Bonchev–Trinajstić information content (AvgIpc) is 2.91. The summed E-state index contributed by atoms with van der Waals surface area (Å²) >= 11 is 0. The van der Waals surface area contributed by atoms with Crippen molar-refractivity contribution in [1.82, 2.24) is 10.2 Å². The zero-order valence-electron chi connectivity index (χ0n) is 22.9. The summed E-state index contributed by atoms with van der Waals surface area (Å²) in [4.78, 5) is 28.2. The van der Waals surface area contributed by atoms with E-state index in [1.165, 1.54) is 41.3 Å². The highest BCUT2D eigenvalue weighted by atomic mass is 32.2. The molecule has 0 saturated carbocycles. The van der Waals surface area contributed by atoms with E-state index in [0.717, 1.165) is 28.3 Å². The maximum Gasteiger partial charge on any atom is 0.264 e. The third kappa shape index (κ3) is 7.89. The van der Waals surface area contributed by atoms with E-state index in [9.17, 15) is 22.4 Å². The highest BCUT2D eigenvalue weighted by molar-refractivity contribution is 7.92. The smallest absolute Gasteiger partial charge is 0.264 e. The van der Waals surface area contributed by atoms with Crippen molar-refractivity contribution in [2.75, 3.05) is 17.4 Å². The Morgan fingerprint density at radius 3 is 2.03 bits per heavy atom. The lowest BCUT2D eigenvalue weighted by atomic mass is 10.1. The second-order valence-electron chi connectivity index (χ2n) is 9.63. The molecule has 9 heteroatoms. The number of unbranched alkanes of at least 4 members (excludes halogenated alkanes) is 1. The highest BCUT2D eigenvalue weighted by Gasteiger charge is 2.32. The molecule has 3 aromatic rings. The lowest BCUT2D eigenvalue weighted by Crippen LogP contribution is -2.51. The van der Waals surface area contributed by atoms with Crippen LogP contribution >= 0.6 is 0 Å². The lowest BCUT2D eigenvalue weighted by Gasteiger charge is -2.32. The number of carbonyl (C=O) groups excluding carboxylic acids is 2. The Hall–Kier alpha value is -3.72. The van der Waals surface area contributed by atoms with Gasteiger partial charge in [0.15, 0.2) is 0 Å². The van der Waals surface area contributed by atoms with Crippen molar-refractivity contribution in [2.24, 2.45) is 0 Å². The summed E-state index contributed by atoms with van der Waals surface area (Å²) in [6, 6.07) is 18.0. The van der Waals surface area contributed by atoms with Crippen molar-refractivity contribution in [3.63, 3.8) is 0 Å². The summed E-state index contributed by atoms with van der Waals surface area (Å²) in [7, 11) is -4.12. The predicted molar refractivity (Wildman–Crippen MR) is 151 cm³/mol. The molecule has 0 aliphatic rings. The van der Waals surface area contributed by atoms with Crippen LogP contribution in [0.25, 0.3) is 0 Å². The van der Waals surface area contributed by atoms with Crippen LogP contribution < -0.4 is 9.62 Å². The summed E-state index contributed by atoms with van der Waals surface area (Å²) in [6.45, 7) is 7.31. The van der Waals surface area contributed by atoms with Crippen molar-refractivity contribution >= 4 is 27.5 Å². The SMILES string of the molecule is CCCCNC(=O)[C@@H](C)N(Cc1ccc(F)cc1)C(=O)CN(c1ccc(C)cc1)S(=O)(=O)c1ccc(C)cc1. The van der Waals surface area contributed by atoms with Gasteiger partial charge in [-0.3, -0.25) is 13.9 Å². The van der Waals surface area contributed by atoms with Crippen LogP contribution in [0.3, 0.4) is 0 Å². The van der Waals surface area contributed by atoms with Gasteiger partial charge < -0.3 is 10.2 Å². The summed E-state index contributed by atoms with van der Waals surface area (Å²) in [5, 5.41) is 2.84. The Balaban J connectivity index is 1.98. The molecule has 3 rings (SSSR count). The van der Waals surface area contributed by atoms with Crippen molar-refractivity contribution in [3.8, 4) is 0 Å². The van der Waals surface area contributed by atoms with E-state index >= 15 is 0 Å². The van der Waals surface area contributed by atoms with Gasteiger partial charge in [-0.15, -0.1) is 0 Å². The molecule has 0 aromatic heterocycles. The summed E-state index contributed by atoms with van der Waals surface area (Å²) < 4.78 is 42.2. The van der Waals surface area contributed by atoms with Crippen molar-refractivity contribution in [2.45, 2.75) is 58.0 Å². The first-order valence-electron chi connectivity index (χ1n) is 13.0. The van der Waals surface area contributed by atoms with E-state index in [-0.39, 0.29) is 17.3 Å². The molecule has 0 aliphatic heterocycles. The van der Waals surface area contributed by atoms with E-state index in [0.29, 0.717) is 17.8 Å². The normalized spacial score (nSPS) is 12.0. The van der Waals surface area contributed by atoms with Gasteiger partial charge in [0.05, 0.1) is 10.6 Å². The monoisotopic (exact) mass is 553 g/mol. The number of anilines is 1. The Bertz CT molecular complexity index is 1360. The van der Waals surface area contributed by atoms with Gasteiger partial charge in [-0.2, -0.15) is 0 Å². The molecular weight excluding hydrogens is 517 g/mol. The van der Waals surface area contributed by atoms with Crippen LogP contribution in [0.15, 0.2) is 77.7 Å². The van der Waals surface area contributed by atoms with Crippen LogP contribution in [0, 0.1) is 19.7 Å². The molecule has 0 saturated heterocycles. The van der Waals surface area contributed by atoms with Crippen LogP contribution in [0.4, 0.5) is 10.1 Å². The van der Waals surface area contributed by atoms with Gasteiger partial charge in [-0.05, 0) is 69.2 Å². The minimum atomic E-state index is -4.12. The van der Waals surface area contributed by atoms with Gasteiger partial charge in [0.2, 0.25) is 11.8 Å². The van der Waals surface area contributed by atoms with Crippen LogP contribution in [0.1, 0.15) is 43.4 Å². The first kappa shape index (κ1) is 29.8. The van der Waals surface area contributed by atoms with Crippen LogP contribution in [-0.2, 0) is 26.2 Å². The van der Waals surface area contributed by atoms with Gasteiger partial charge in [-0.25, -0.2) is 12.8 Å². The number of sulfonamides is 1. The first-order chi connectivity index (χ1) is 18.5. The van der Waals surface area contributed by atoms with Crippen molar-refractivity contribution in [3.05, 3.63) is 95.3 Å².